The smallest absolute Gasteiger partial charge is 0.311 e. The van der Waals surface area contributed by atoms with Crippen molar-refractivity contribution in [2.45, 2.75) is 205 Å². The fourth-order valence-corrected chi connectivity index (χ4v) is 10.8. The summed E-state index contributed by atoms with van der Waals surface area (Å²) >= 11 is 0. The molecule has 0 amide bonds. The van der Waals surface area contributed by atoms with Crippen molar-refractivity contribution in [1.82, 2.24) is 24.8 Å². The summed E-state index contributed by atoms with van der Waals surface area (Å²) in [6, 6.07) is 4.91. The number of nitro groups is 1. The molecule has 0 saturated carbocycles. The third-order valence-corrected chi connectivity index (χ3v) is 15.3. The van der Waals surface area contributed by atoms with Gasteiger partial charge < -0.3 is 63.6 Å². The minimum atomic E-state index is -1.84. The maximum atomic E-state index is 14.5. The van der Waals surface area contributed by atoms with E-state index in [-0.39, 0.29) is 37.0 Å². The summed E-state index contributed by atoms with van der Waals surface area (Å²) in [6.07, 6.45) is -6.09. The number of aliphatic hydroxyl groups excluding tert-OH is 3. The Bertz CT molecular complexity index is 1990. The van der Waals surface area contributed by atoms with Crippen LogP contribution >= 0.6 is 0 Å². The lowest BCUT2D eigenvalue weighted by Crippen LogP contribution is -2.61. The molecule has 404 valence electrons. The van der Waals surface area contributed by atoms with Crippen LogP contribution in [-0.4, -0.2) is 192 Å². The highest BCUT2D eigenvalue weighted by Crippen LogP contribution is 2.40. The highest BCUT2D eigenvalue weighted by Gasteiger charge is 2.53. The second-order valence-corrected chi connectivity index (χ2v) is 21.4. The van der Waals surface area contributed by atoms with E-state index in [9.17, 15) is 40.4 Å². The molecule has 3 aliphatic heterocycles. The monoisotopic (exact) mass is 1010 g/mol. The highest BCUT2D eigenvalue weighted by atomic mass is 16.7. The van der Waals surface area contributed by atoms with Crippen molar-refractivity contribution in [2.75, 3.05) is 40.9 Å². The molecular weight excluding hydrogens is 925 g/mol. The van der Waals surface area contributed by atoms with Gasteiger partial charge in [-0.05, 0) is 113 Å². The molecule has 1 aromatic carbocycles. The number of nitro benzene ring substituents is 1. The number of likely N-dealkylation sites (N-methyl/N-ethyl adjacent to an activating group) is 2. The lowest BCUT2D eigenvalue weighted by atomic mass is 9.77. The Morgan fingerprint density at radius 3 is 2.30 bits per heavy atom. The fraction of sp³-hybridized carbons (Fsp3) is 0.820. The number of nitrogens with zero attached hydrogens (tertiary/aromatic N) is 6. The molecule has 3 saturated heterocycles. The zero-order chi connectivity index (χ0) is 52.7. The standard InChI is InChI=1S/C50H84N6O15/c1-14-39-50(10,62)43(58)33(6)54(12)27-29(2)25-48(8,61)45(31(4)42(32(5)46(60)69-39)70-40-26-49(9,65-13)44(59)34(7)68-40)71-47-41(57)38(24-30(3)67-47)53(11)21-22-55-28-35(51-52-55)16-15-23-66-37-19-17-36(18-20-37)56(63)64/h17-20,28-34,38-45,47,57-59,61-62H,14-16,21-27H2,1-13H3/t29-,30-,31+,32-,33-,34+,38+,39-,40+,41-,42+,43-,44+,45-,47+,48-,49-,50-/m1/s1. The van der Waals surface area contributed by atoms with Crippen LogP contribution in [0, 0.1) is 27.9 Å². The van der Waals surface area contributed by atoms with E-state index in [4.69, 9.17) is 33.2 Å². The number of rotatable bonds is 16. The number of benzene rings is 1. The van der Waals surface area contributed by atoms with E-state index in [0.717, 1.165) is 5.69 Å². The van der Waals surface area contributed by atoms with Gasteiger partial charge in [0.25, 0.3) is 5.69 Å². The van der Waals surface area contributed by atoms with E-state index < -0.39 is 107 Å². The van der Waals surface area contributed by atoms with Gasteiger partial charge in [0.2, 0.25) is 0 Å². The molecular formula is C50H84N6O15. The molecule has 0 aliphatic carbocycles. The third kappa shape index (κ3) is 14.4. The number of carbonyl (C=O) groups is 1. The zero-order valence-electron chi connectivity index (χ0n) is 44.1. The summed E-state index contributed by atoms with van der Waals surface area (Å²) in [5, 5.41) is 79.2. The van der Waals surface area contributed by atoms with Gasteiger partial charge in [-0.3, -0.25) is 24.5 Å². The van der Waals surface area contributed by atoms with Crippen LogP contribution in [0.5, 0.6) is 5.75 Å². The van der Waals surface area contributed by atoms with Crippen LogP contribution in [0.2, 0.25) is 0 Å². The van der Waals surface area contributed by atoms with Crippen molar-refractivity contribution in [3.63, 3.8) is 0 Å². The number of ether oxygens (including phenoxy) is 7. The fourth-order valence-electron chi connectivity index (χ4n) is 10.8. The van der Waals surface area contributed by atoms with Crippen molar-refractivity contribution in [1.29, 1.82) is 0 Å². The van der Waals surface area contributed by atoms with Gasteiger partial charge in [0, 0.05) is 63.0 Å². The molecule has 4 heterocycles. The van der Waals surface area contributed by atoms with E-state index in [0.29, 0.717) is 51.3 Å². The molecule has 21 nitrogen and oxygen atoms in total. The average Bonchev–Trinajstić information content (AvgIpc) is 3.78. The first-order valence-corrected chi connectivity index (χ1v) is 25.3. The van der Waals surface area contributed by atoms with Crippen LogP contribution in [0.25, 0.3) is 0 Å². The summed E-state index contributed by atoms with van der Waals surface area (Å²) in [6.45, 7) is 19.2. The van der Waals surface area contributed by atoms with E-state index in [1.807, 2.05) is 43.9 Å². The average molecular weight is 1010 g/mol. The van der Waals surface area contributed by atoms with E-state index in [1.54, 1.807) is 65.3 Å². The van der Waals surface area contributed by atoms with Crippen molar-refractivity contribution < 1.29 is 68.4 Å². The molecule has 2 aromatic rings. The number of aromatic nitrogens is 3. The number of aryl methyl sites for hydroxylation is 1. The lowest BCUT2D eigenvalue weighted by molar-refractivity contribution is -0.384. The Labute approximate surface area is 419 Å². The molecule has 5 N–H and O–H groups in total. The summed E-state index contributed by atoms with van der Waals surface area (Å²) in [4.78, 5) is 28.9. The summed E-state index contributed by atoms with van der Waals surface area (Å²) in [5.74, 6) is -2.28. The molecule has 3 fully saturated rings. The van der Waals surface area contributed by atoms with Crippen LogP contribution in [0.1, 0.15) is 107 Å². The normalized spacial score (nSPS) is 39.4. The first kappa shape index (κ1) is 58.4. The van der Waals surface area contributed by atoms with Crippen LogP contribution in [0.3, 0.4) is 0 Å². The van der Waals surface area contributed by atoms with E-state index in [2.05, 4.69) is 10.3 Å². The van der Waals surface area contributed by atoms with Crippen LogP contribution in [0.4, 0.5) is 5.69 Å². The highest BCUT2D eigenvalue weighted by molar-refractivity contribution is 5.73. The number of methoxy groups -OCH3 is 1. The number of carbonyl (C=O) groups excluding carboxylic acids is 1. The third-order valence-electron chi connectivity index (χ3n) is 15.3. The zero-order valence-corrected chi connectivity index (χ0v) is 44.1. The molecule has 0 unspecified atom stereocenters. The molecule has 0 spiro atoms. The second-order valence-electron chi connectivity index (χ2n) is 21.4. The van der Waals surface area contributed by atoms with Crippen molar-refractivity contribution in [2.24, 2.45) is 17.8 Å². The van der Waals surface area contributed by atoms with Gasteiger partial charge in [0.15, 0.2) is 12.6 Å². The maximum Gasteiger partial charge on any atom is 0.311 e. The Balaban J connectivity index is 1.38. The van der Waals surface area contributed by atoms with Gasteiger partial charge in [-0.25, -0.2) is 0 Å². The molecule has 5 rings (SSSR count). The molecule has 0 radical (unpaired) electrons. The van der Waals surface area contributed by atoms with E-state index >= 15 is 0 Å². The lowest BCUT2D eigenvalue weighted by Gasteiger charge is -2.49. The Kier molecular flexibility index (Phi) is 20.3. The second kappa shape index (κ2) is 24.7. The molecule has 1 aromatic heterocycles. The molecule has 21 heteroatoms. The van der Waals surface area contributed by atoms with Gasteiger partial charge in [0.05, 0.1) is 65.3 Å². The van der Waals surface area contributed by atoms with E-state index in [1.165, 1.54) is 26.2 Å². The van der Waals surface area contributed by atoms with Gasteiger partial charge in [-0.2, -0.15) is 0 Å². The Morgan fingerprint density at radius 2 is 1.66 bits per heavy atom. The quantitative estimate of drug-likeness (QED) is 0.0698. The largest absolute Gasteiger partial charge is 0.494 e. The molecule has 18 atom stereocenters. The van der Waals surface area contributed by atoms with Gasteiger partial charge in [-0.15, -0.1) is 5.10 Å². The van der Waals surface area contributed by atoms with Gasteiger partial charge in [0.1, 0.15) is 35.8 Å². The van der Waals surface area contributed by atoms with Crippen LogP contribution in [0.15, 0.2) is 30.5 Å². The number of aliphatic hydroxyl groups is 5. The summed E-state index contributed by atoms with van der Waals surface area (Å²) in [7, 11) is 5.23. The SMILES string of the molecule is CC[C@H]1OC(=O)[C@H](C)[C@@H](O[C@H]2C[C@@](C)(OC)[C@@H](O)[C@H](C)O2)[C@H](C)[C@@H](O[C@@H]2O[C@H](C)C[C@H](N(C)CCn3cc(CCCOc4ccc([N+](=O)[O-])cc4)nn3)[C@H]2O)[C@](C)(O)C[C@@H](C)CN(C)[C@H](C)[C@@H](O)[C@]1(C)O. The van der Waals surface area contributed by atoms with Crippen molar-refractivity contribution in [3.05, 3.63) is 46.3 Å². The minimum Gasteiger partial charge on any atom is -0.494 e. The number of non-ortho nitro benzene ring substituents is 1. The van der Waals surface area contributed by atoms with Gasteiger partial charge in [-0.1, -0.05) is 26.0 Å². The minimum absolute atomic E-state index is 0.00423. The first-order chi connectivity index (χ1) is 33.2. The predicted molar refractivity (Wildman–Crippen MR) is 260 cm³/mol. The summed E-state index contributed by atoms with van der Waals surface area (Å²) in [5.41, 5.74) is -3.79. The van der Waals surface area contributed by atoms with Gasteiger partial charge >= 0.3 is 5.97 Å². The Morgan fingerprint density at radius 1 is 0.986 bits per heavy atom. The maximum absolute atomic E-state index is 14.5. The number of hydrogen-bond acceptors (Lipinski definition) is 19. The molecule has 0 bridgehead atoms. The topological polar surface area (TPSA) is 263 Å². The van der Waals surface area contributed by atoms with Crippen molar-refractivity contribution >= 4 is 11.7 Å². The number of hydrogen-bond donors (Lipinski definition) is 5. The summed E-state index contributed by atoms with van der Waals surface area (Å²) < 4.78 is 45.7. The predicted octanol–water partition coefficient (Wildman–Crippen LogP) is 3.48. The number of esters is 1. The number of cyclic esters (lactones) is 1. The van der Waals surface area contributed by atoms with Crippen LogP contribution in [-0.2, 0) is 46.2 Å². The molecule has 71 heavy (non-hydrogen) atoms. The molecule has 3 aliphatic rings. The Hall–Kier alpha value is -3.45. The van der Waals surface area contributed by atoms with Crippen molar-refractivity contribution in [3.8, 4) is 5.75 Å². The first-order valence-electron chi connectivity index (χ1n) is 25.3. The van der Waals surface area contributed by atoms with Crippen LogP contribution < -0.4 is 4.74 Å².